The van der Waals surface area contributed by atoms with Gasteiger partial charge in [0.05, 0.1) is 31.6 Å². The van der Waals surface area contributed by atoms with Crippen LogP contribution in [0.4, 0.5) is 5.69 Å². The Labute approximate surface area is 250 Å². The smallest absolute Gasteiger partial charge is 0.246 e. The van der Waals surface area contributed by atoms with Crippen LogP contribution in [0.1, 0.15) is 32.6 Å². The van der Waals surface area contributed by atoms with Crippen molar-refractivity contribution in [1.82, 2.24) is 10.2 Å². The number of rotatable bonds is 7. The standard InChI is InChI=1S/C33H37N3O7/c1-19-8-3-4-11-23(19)35-31(38)29-33-15-14-26(43-33)27(30(37)34-20-9-7-10-21(16-20)40-2)28(33)32(39)36(29)17-22-18-41-24-12-5-6-13-25(24)42-22/h5-7,9-10,12-16,19,22-23,26-29H,3-4,8,11,17-18H2,1-2H3,(H,34,37)(H,35,38). The summed E-state index contributed by atoms with van der Waals surface area (Å²) in [5.74, 6) is -0.382. The normalized spacial score (nSPS) is 33.7. The van der Waals surface area contributed by atoms with Gasteiger partial charge in [0.1, 0.15) is 24.0 Å². The summed E-state index contributed by atoms with van der Waals surface area (Å²) in [5, 5.41) is 6.21. The number of nitrogens with zero attached hydrogens (tertiary/aromatic N) is 1. The molecule has 8 atom stereocenters. The Morgan fingerprint density at radius 1 is 1.07 bits per heavy atom. The molecule has 0 aromatic heterocycles. The van der Waals surface area contributed by atoms with E-state index >= 15 is 0 Å². The molecule has 10 heteroatoms. The summed E-state index contributed by atoms with van der Waals surface area (Å²) in [4.78, 5) is 43.9. The zero-order valence-electron chi connectivity index (χ0n) is 24.4. The van der Waals surface area contributed by atoms with Gasteiger partial charge in [0, 0.05) is 17.8 Å². The molecular formula is C33H37N3O7. The van der Waals surface area contributed by atoms with Gasteiger partial charge < -0.3 is 34.5 Å². The Bertz CT molecular complexity index is 1460. The van der Waals surface area contributed by atoms with Crippen LogP contribution < -0.4 is 24.8 Å². The molecule has 1 saturated carbocycles. The number of likely N-dealkylation sites (tertiary alicyclic amines) is 1. The van der Waals surface area contributed by atoms with Crippen LogP contribution in [-0.4, -0.2) is 72.8 Å². The molecule has 10 nitrogen and oxygen atoms in total. The van der Waals surface area contributed by atoms with Crippen LogP contribution in [0, 0.1) is 17.8 Å². The molecule has 2 saturated heterocycles. The highest BCUT2D eigenvalue weighted by Crippen LogP contribution is 2.55. The predicted molar refractivity (Wildman–Crippen MR) is 157 cm³/mol. The van der Waals surface area contributed by atoms with Crippen molar-refractivity contribution in [1.29, 1.82) is 0 Å². The van der Waals surface area contributed by atoms with E-state index in [1.54, 1.807) is 36.3 Å². The number of fused-ring (bicyclic) bond motifs is 2. The Kier molecular flexibility index (Phi) is 7.04. The minimum atomic E-state index is -1.26. The Balaban J connectivity index is 1.19. The summed E-state index contributed by atoms with van der Waals surface area (Å²) in [6.07, 6.45) is 6.67. The summed E-state index contributed by atoms with van der Waals surface area (Å²) in [5.41, 5.74) is -0.701. The van der Waals surface area contributed by atoms with Crippen LogP contribution in [0.5, 0.6) is 17.2 Å². The SMILES string of the molecule is COc1cccc(NC(=O)C2C3C=CC4(O3)C2C(=O)N(CC2COc3ccccc3O2)C4C(=O)NC2CCCCC2C)c1. The van der Waals surface area contributed by atoms with Crippen molar-refractivity contribution in [2.24, 2.45) is 17.8 Å². The minimum absolute atomic E-state index is 0.0181. The fourth-order valence-electron chi connectivity index (χ4n) is 7.56. The van der Waals surface area contributed by atoms with Crippen molar-refractivity contribution in [2.45, 2.75) is 62.5 Å². The summed E-state index contributed by atoms with van der Waals surface area (Å²) < 4.78 is 23.9. The van der Waals surface area contributed by atoms with Crippen molar-refractivity contribution >= 4 is 23.4 Å². The van der Waals surface area contributed by atoms with Crippen LogP contribution in [0.25, 0.3) is 0 Å². The number of amides is 3. The molecule has 0 radical (unpaired) electrons. The Morgan fingerprint density at radius 3 is 2.70 bits per heavy atom. The Morgan fingerprint density at radius 2 is 1.88 bits per heavy atom. The van der Waals surface area contributed by atoms with Crippen LogP contribution >= 0.6 is 0 Å². The first-order valence-electron chi connectivity index (χ1n) is 15.2. The lowest BCUT2D eigenvalue weighted by Crippen LogP contribution is -2.58. The second-order valence-corrected chi connectivity index (χ2v) is 12.3. The number of benzene rings is 2. The number of carbonyl (C=O) groups excluding carboxylic acids is 3. The van der Waals surface area contributed by atoms with E-state index in [-0.39, 0.29) is 36.9 Å². The zero-order valence-corrected chi connectivity index (χ0v) is 24.4. The van der Waals surface area contributed by atoms with E-state index in [1.165, 1.54) is 0 Å². The van der Waals surface area contributed by atoms with Crippen molar-refractivity contribution in [3.63, 3.8) is 0 Å². The summed E-state index contributed by atoms with van der Waals surface area (Å²) in [6.45, 7) is 2.51. The number of carbonyl (C=O) groups is 3. The molecule has 3 fully saturated rings. The van der Waals surface area contributed by atoms with Gasteiger partial charge in [0.15, 0.2) is 17.6 Å². The van der Waals surface area contributed by atoms with Crippen LogP contribution in [0.3, 0.4) is 0 Å². The first-order valence-corrected chi connectivity index (χ1v) is 15.2. The number of anilines is 1. The second kappa shape index (κ2) is 10.9. The minimum Gasteiger partial charge on any atom is -0.497 e. The van der Waals surface area contributed by atoms with Gasteiger partial charge in [-0.2, -0.15) is 0 Å². The quantitative estimate of drug-likeness (QED) is 0.478. The number of hydrogen-bond acceptors (Lipinski definition) is 7. The van der Waals surface area contributed by atoms with Gasteiger partial charge in [-0.3, -0.25) is 14.4 Å². The number of nitrogens with one attached hydrogen (secondary N) is 2. The molecule has 2 N–H and O–H groups in total. The third-order valence-electron chi connectivity index (χ3n) is 9.67. The number of methoxy groups -OCH3 is 1. The fourth-order valence-corrected chi connectivity index (χ4v) is 7.56. The van der Waals surface area contributed by atoms with Gasteiger partial charge in [0.25, 0.3) is 0 Å². The van der Waals surface area contributed by atoms with E-state index in [2.05, 4.69) is 17.6 Å². The van der Waals surface area contributed by atoms with Crippen LogP contribution in [0.15, 0.2) is 60.7 Å². The fraction of sp³-hybridized carbons (Fsp3) is 0.485. The van der Waals surface area contributed by atoms with Gasteiger partial charge in [-0.25, -0.2) is 0 Å². The predicted octanol–water partition coefficient (Wildman–Crippen LogP) is 3.32. The molecule has 226 valence electrons. The number of para-hydroxylation sites is 2. The van der Waals surface area contributed by atoms with Gasteiger partial charge in [-0.15, -0.1) is 0 Å². The summed E-state index contributed by atoms with van der Waals surface area (Å²) >= 11 is 0. The maximum absolute atomic E-state index is 14.4. The van der Waals surface area contributed by atoms with Crippen molar-refractivity contribution in [3.05, 3.63) is 60.7 Å². The molecule has 8 unspecified atom stereocenters. The van der Waals surface area contributed by atoms with Gasteiger partial charge in [-0.05, 0) is 43.0 Å². The molecule has 1 spiro atoms. The average Bonchev–Trinajstić information content (AvgIpc) is 3.66. The number of ether oxygens (including phenoxy) is 4. The van der Waals surface area contributed by atoms with Gasteiger partial charge in [0.2, 0.25) is 17.7 Å². The maximum Gasteiger partial charge on any atom is 0.246 e. The third-order valence-corrected chi connectivity index (χ3v) is 9.67. The summed E-state index contributed by atoms with van der Waals surface area (Å²) in [6, 6.07) is 13.5. The molecule has 3 amide bonds. The maximum atomic E-state index is 14.4. The topological polar surface area (TPSA) is 115 Å². The zero-order chi connectivity index (χ0) is 29.7. The third kappa shape index (κ3) is 4.72. The van der Waals surface area contributed by atoms with Crippen molar-refractivity contribution in [2.75, 3.05) is 25.6 Å². The lowest BCUT2D eigenvalue weighted by molar-refractivity contribution is -0.143. The lowest BCUT2D eigenvalue weighted by Gasteiger charge is -2.37. The van der Waals surface area contributed by atoms with Crippen molar-refractivity contribution in [3.8, 4) is 17.2 Å². The van der Waals surface area contributed by atoms with E-state index in [9.17, 15) is 14.4 Å². The highest BCUT2D eigenvalue weighted by Gasteiger charge is 2.73. The van der Waals surface area contributed by atoms with Crippen LogP contribution in [-0.2, 0) is 19.1 Å². The van der Waals surface area contributed by atoms with Gasteiger partial charge in [-0.1, -0.05) is 50.1 Å². The first-order chi connectivity index (χ1) is 20.9. The molecular weight excluding hydrogens is 550 g/mol. The van der Waals surface area contributed by atoms with E-state index in [1.807, 2.05) is 36.4 Å². The molecule has 2 bridgehead atoms. The van der Waals surface area contributed by atoms with E-state index in [0.717, 1.165) is 25.7 Å². The average molecular weight is 588 g/mol. The molecule has 4 aliphatic heterocycles. The molecule has 2 aromatic carbocycles. The van der Waals surface area contributed by atoms with E-state index < -0.39 is 35.7 Å². The monoisotopic (exact) mass is 587 g/mol. The van der Waals surface area contributed by atoms with Crippen LogP contribution in [0.2, 0.25) is 0 Å². The highest BCUT2D eigenvalue weighted by atomic mass is 16.6. The van der Waals surface area contributed by atoms with E-state index in [0.29, 0.717) is 28.9 Å². The Hall–Kier alpha value is -4.05. The largest absolute Gasteiger partial charge is 0.497 e. The molecule has 4 heterocycles. The van der Waals surface area contributed by atoms with E-state index in [4.69, 9.17) is 18.9 Å². The second-order valence-electron chi connectivity index (χ2n) is 12.3. The molecule has 1 aliphatic carbocycles. The molecule has 5 aliphatic rings. The highest BCUT2D eigenvalue weighted by molar-refractivity contribution is 6.02. The molecule has 43 heavy (non-hydrogen) atoms. The molecule has 2 aromatic rings. The number of hydrogen-bond donors (Lipinski definition) is 2. The summed E-state index contributed by atoms with van der Waals surface area (Å²) in [7, 11) is 1.56. The van der Waals surface area contributed by atoms with Crippen molar-refractivity contribution < 1.29 is 33.3 Å². The first kappa shape index (κ1) is 27.8. The molecule has 7 rings (SSSR count). The van der Waals surface area contributed by atoms with Gasteiger partial charge >= 0.3 is 0 Å². The lowest BCUT2D eigenvalue weighted by atomic mass is 9.74.